The average Bonchev–Trinajstić information content (AvgIpc) is 2.85. The van der Waals surface area contributed by atoms with Crippen LogP contribution in [0.2, 0.25) is 0 Å². The van der Waals surface area contributed by atoms with Crippen LogP contribution in [-0.4, -0.2) is 0 Å². The monoisotopic (exact) mass is 351 g/mol. The Morgan fingerprint density at radius 2 is 1.75 bits per heavy atom. The van der Waals surface area contributed by atoms with Gasteiger partial charge in [0.05, 0.1) is 3.79 Å². The van der Waals surface area contributed by atoms with Gasteiger partial charge in [0.15, 0.2) is 0 Å². The summed E-state index contributed by atoms with van der Waals surface area (Å²) in [7, 11) is 0. The molecule has 0 aliphatic carbocycles. The van der Waals surface area contributed by atoms with Gasteiger partial charge in [-0.05, 0) is 52.9 Å². The van der Waals surface area contributed by atoms with Gasteiger partial charge in [-0.15, -0.1) is 11.3 Å². The molecular formula is C17H22BrNS. The van der Waals surface area contributed by atoms with Crippen molar-refractivity contribution in [1.29, 1.82) is 0 Å². The van der Waals surface area contributed by atoms with Crippen LogP contribution in [0.5, 0.6) is 0 Å². The number of hydrogen-bond donors (Lipinski definition) is 1. The Morgan fingerprint density at radius 1 is 1.05 bits per heavy atom. The van der Waals surface area contributed by atoms with Gasteiger partial charge in [-0.25, -0.2) is 0 Å². The first-order chi connectivity index (χ1) is 9.56. The van der Waals surface area contributed by atoms with Crippen LogP contribution >= 0.6 is 27.3 Å². The summed E-state index contributed by atoms with van der Waals surface area (Å²) < 4.78 is 1.20. The van der Waals surface area contributed by atoms with E-state index in [2.05, 4.69) is 84.5 Å². The van der Waals surface area contributed by atoms with Gasteiger partial charge in [0, 0.05) is 17.0 Å². The predicted octanol–water partition coefficient (Wildman–Crippen LogP) is 5.95. The van der Waals surface area contributed by atoms with E-state index in [9.17, 15) is 0 Å². The summed E-state index contributed by atoms with van der Waals surface area (Å²) in [6.07, 6.45) is 1.15. The highest BCUT2D eigenvalue weighted by Crippen LogP contribution is 2.30. The van der Waals surface area contributed by atoms with Crippen LogP contribution in [0.1, 0.15) is 49.7 Å². The third-order valence-electron chi connectivity index (χ3n) is 3.38. The number of rotatable bonds is 6. The number of thiophene rings is 1. The molecule has 0 saturated carbocycles. The second-order valence-corrected chi connectivity index (χ2v) is 8.12. The average molecular weight is 352 g/mol. The topological polar surface area (TPSA) is 12.0 Å². The Kier molecular flexibility index (Phi) is 5.82. The van der Waals surface area contributed by atoms with Crippen LogP contribution in [-0.2, 0) is 0 Å². The lowest BCUT2D eigenvalue weighted by atomic mass is 9.96. The van der Waals surface area contributed by atoms with E-state index in [0.717, 1.165) is 6.42 Å². The van der Waals surface area contributed by atoms with Crippen molar-refractivity contribution < 1.29 is 0 Å². The molecule has 1 nitrogen and oxygen atoms in total. The molecule has 1 N–H and O–H groups in total. The number of nitrogens with one attached hydrogen (secondary N) is 1. The standard InChI is InChI=1S/C17H22BrNS/c1-12(2)11-15(14-7-5-4-6-8-14)19-13(3)16-9-10-17(18)20-16/h4-10,12-13,15,19H,11H2,1-3H3. The molecule has 0 saturated heterocycles. The predicted molar refractivity (Wildman–Crippen MR) is 92.2 cm³/mol. The van der Waals surface area contributed by atoms with E-state index in [1.54, 1.807) is 11.3 Å². The molecule has 1 aromatic carbocycles. The summed E-state index contributed by atoms with van der Waals surface area (Å²) >= 11 is 5.35. The lowest BCUT2D eigenvalue weighted by Crippen LogP contribution is -2.25. The van der Waals surface area contributed by atoms with Gasteiger partial charge in [-0.3, -0.25) is 0 Å². The first kappa shape index (κ1) is 15.7. The van der Waals surface area contributed by atoms with Gasteiger partial charge < -0.3 is 5.32 Å². The minimum atomic E-state index is 0.371. The summed E-state index contributed by atoms with van der Waals surface area (Å²) in [5.41, 5.74) is 1.38. The fraction of sp³-hybridized carbons (Fsp3) is 0.412. The molecule has 0 fully saturated rings. The van der Waals surface area contributed by atoms with Crippen LogP contribution in [0.3, 0.4) is 0 Å². The fourth-order valence-corrected chi connectivity index (χ4v) is 3.84. The number of benzene rings is 1. The first-order valence-electron chi connectivity index (χ1n) is 7.12. The van der Waals surface area contributed by atoms with Gasteiger partial charge in [0.2, 0.25) is 0 Å². The van der Waals surface area contributed by atoms with Crippen molar-refractivity contribution in [2.45, 2.75) is 39.3 Å². The third-order valence-corrected chi connectivity index (χ3v) is 5.19. The molecule has 0 amide bonds. The second kappa shape index (κ2) is 7.39. The molecule has 1 aromatic heterocycles. The summed E-state index contributed by atoms with van der Waals surface area (Å²) in [5.74, 6) is 0.676. The molecule has 20 heavy (non-hydrogen) atoms. The highest BCUT2D eigenvalue weighted by molar-refractivity contribution is 9.11. The Balaban J connectivity index is 2.11. The van der Waals surface area contributed by atoms with E-state index >= 15 is 0 Å². The van der Waals surface area contributed by atoms with Crippen molar-refractivity contribution in [3.05, 3.63) is 56.7 Å². The van der Waals surface area contributed by atoms with Crippen LogP contribution < -0.4 is 5.32 Å². The molecule has 0 radical (unpaired) electrons. The third kappa shape index (κ3) is 4.44. The van der Waals surface area contributed by atoms with Crippen molar-refractivity contribution in [3.63, 3.8) is 0 Å². The lowest BCUT2D eigenvalue weighted by molar-refractivity contribution is 0.396. The quantitative estimate of drug-likeness (QED) is 0.677. The van der Waals surface area contributed by atoms with Crippen molar-refractivity contribution in [1.82, 2.24) is 5.32 Å². The minimum absolute atomic E-state index is 0.371. The Bertz CT molecular complexity index is 521. The fourth-order valence-electron chi connectivity index (χ4n) is 2.40. The van der Waals surface area contributed by atoms with Gasteiger partial charge in [0.25, 0.3) is 0 Å². The van der Waals surface area contributed by atoms with Gasteiger partial charge >= 0.3 is 0 Å². The normalized spacial score (nSPS) is 14.4. The Labute approximate surface area is 134 Å². The minimum Gasteiger partial charge on any atom is -0.303 e. The van der Waals surface area contributed by atoms with Crippen molar-refractivity contribution in [2.75, 3.05) is 0 Å². The van der Waals surface area contributed by atoms with E-state index in [1.807, 2.05) is 0 Å². The van der Waals surface area contributed by atoms with Crippen LogP contribution in [0, 0.1) is 5.92 Å². The maximum atomic E-state index is 3.78. The molecular weight excluding hydrogens is 330 g/mol. The second-order valence-electron chi connectivity index (χ2n) is 5.62. The molecule has 2 aromatic rings. The first-order valence-corrected chi connectivity index (χ1v) is 8.73. The Hall–Kier alpha value is -0.640. The summed E-state index contributed by atoms with van der Waals surface area (Å²) in [4.78, 5) is 1.38. The van der Waals surface area contributed by atoms with E-state index in [1.165, 1.54) is 14.2 Å². The molecule has 0 aliphatic heterocycles. The summed E-state index contributed by atoms with van der Waals surface area (Å²) in [5, 5.41) is 3.78. The Morgan fingerprint density at radius 3 is 2.30 bits per heavy atom. The maximum Gasteiger partial charge on any atom is 0.0701 e. The number of halogens is 1. The molecule has 3 heteroatoms. The molecule has 2 atom stereocenters. The van der Waals surface area contributed by atoms with E-state index < -0.39 is 0 Å². The van der Waals surface area contributed by atoms with E-state index in [4.69, 9.17) is 0 Å². The molecule has 1 heterocycles. The maximum absolute atomic E-state index is 3.78. The van der Waals surface area contributed by atoms with Crippen molar-refractivity contribution in [2.24, 2.45) is 5.92 Å². The van der Waals surface area contributed by atoms with Gasteiger partial charge in [-0.1, -0.05) is 44.2 Å². The van der Waals surface area contributed by atoms with Gasteiger partial charge in [0.1, 0.15) is 0 Å². The molecule has 0 aliphatic rings. The SMILES string of the molecule is CC(C)CC(NC(C)c1ccc(Br)s1)c1ccccc1. The smallest absolute Gasteiger partial charge is 0.0701 e. The highest BCUT2D eigenvalue weighted by Gasteiger charge is 2.17. The lowest BCUT2D eigenvalue weighted by Gasteiger charge is -2.25. The van der Waals surface area contributed by atoms with Crippen LogP contribution in [0.15, 0.2) is 46.3 Å². The van der Waals surface area contributed by atoms with E-state index in [-0.39, 0.29) is 0 Å². The molecule has 0 bridgehead atoms. The highest BCUT2D eigenvalue weighted by atomic mass is 79.9. The molecule has 108 valence electrons. The zero-order valence-corrected chi connectivity index (χ0v) is 14.7. The van der Waals surface area contributed by atoms with Gasteiger partial charge in [-0.2, -0.15) is 0 Å². The molecule has 0 spiro atoms. The number of hydrogen-bond acceptors (Lipinski definition) is 2. The van der Waals surface area contributed by atoms with Crippen LogP contribution in [0.4, 0.5) is 0 Å². The molecule has 2 unspecified atom stereocenters. The zero-order valence-electron chi connectivity index (χ0n) is 12.3. The summed E-state index contributed by atoms with van der Waals surface area (Å²) in [6, 6.07) is 15.9. The largest absolute Gasteiger partial charge is 0.303 e. The molecule has 2 rings (SSSR count). The van der Waals surface area contributed by atoms with Crippen LogP contribution in [0.25, 0.3) is 0 Å². The van der Waals surface area contributed by atoms with Crippen molar-refractivity contribution >= 4 is 27.3 Å². The van der Waals surface area contributed by atoms with E-state index in [0.29, 0.717) is 18.0 Å². The summed E-state index contributed by atoms with van der Waals surface area (Å²) in [6.45, 7) is 6.81. The van der Waals surface area contributed by atoms with Crippen molar-refractivity contribution in [3.8, 4) is 0 Å². The zero-order chi connectivity index (χ0) is 14.5.